The number of ether oxygens (including phenoxy) is 2. The molecule has 0 saturated heterocycles. The lowest BCUT2D eigenvalue weighted by Gasteiger charge is -2.19. The zero-order chi connectivity index (χ0) is 19.4. The minimum atomic E-state index is -0.203. The van der Waals surface area contributed by atoms with Crippen LogP contribution in [-0.2, 0) is 0 Å². The molecule has 0 aliphatic heterocycles. The van der Waals surface area contributed by atoms with Gasteiger partial charge in [-0.3, -0.25) is 9.69 Å². The van der Waals surface area contributed by atoms with Crippen LogP contribution in [0.1, 0.15) is 17.0 Å². The van der Waals surface area contributed by atoms with Crippen molar-refractivity contribution in [2.24, 2.45) is 0 Å². The molecule has 1 N–H and O–H groups in total. The predicted molar refractivity (Wildman–Crippen MR) is 105 cm³/mol. The number of carbonyl (C=O) groups is 1. The minimum Gasteiger partial charge on any atom is -0.495 e. The molecule has 27 heavy (non-hydrogen) atoms. The number of methoxy groups -OCH3 is 2. The molecular formula is C19H24N3O4S+. The standard InChI is InChI=1S/C19H23N3O4S/c1-21(2)10-6-11-22(18(23)15-7-5-12-26-15)19-20-16-13(24-3)8-9-14(25-4)17(16)27-19/h5,7-9,12H,6,10-11H2,1-4H3/p+1. The number of nitrogens with one attached hydrogen (secondary N) is 1. The number of anilines is 1. The second-order valence-electron chi connectivity index (χ2n) is 6.39. The highest BCUT2D eigenvalue weighted by molar-refractivity contribution is 7.22. The number of nitrogens with zero attached hydrogens (tertiary/aromatic N) is 2. The number of carbonyl (C=O) groups excluding carboxylic acids is 1. The fourth-order valence-electron chi connectivity index (χ4n) is 2.80. The van der Waals surface area contributed by atoms with E-state index >= 15 is 0 Å². The number of aromatic nitrogens is 1. The molecule has 3 aromatic rings. The van der Waals surface area contributed by atoms with Crippen LogP contribution in [0.25, 0.3) is 10.2 Å². The van der Waals surface area contributed by atoms with Gasteiger partial charge in [-0.05, 0) is 24.3 Å². The van der Waals surface area contributed by atoms with Crippen molar-refractivity contribution in [3.8, 4) is 11.5 Å². The monoisotopic (exact) mass is 390 g/mol. The third kappa shape index (κ3) is 4.06. The zero-order valence-corrected chi connectivity index (χ0v) is 16.8. The Kier molecular flexibility index (Phi) is 5.98. The number of quaternary nitrogens is 1. The highest BCUT2D eigenvalue weighted by Gasteiger charge is 2.25. The van der Waals surface area contributed by atoms with Gasteiger partial charge in [0.1, 0.15) is 21.7 Å². The predicted octanol–water partition coefficient (Wildman–Crippen LogP) is 2.09. The summed E-state index contributed by atoms with van der Waals surface area (Å²) in [6.45, 7) is 1.49. The normalized spacial score (nSPS) is 11.1. The number of thiazole rings is 1. The van der Waals surface area contributed by atoms with E-state index in [1.807, 2.05) is 12.1 Å². The molecule has 0 unspecified atom stereocenters. The highest BCUT2D eigenvalue weighted by atomic mass is 32.1. The number of benzene rings is 1. The summed E-state index contributed by atoms with van der Waals surface area (Å²) in [5.41, 5.74) is 0.687. The van der Waals surface area contributed by atoms with E-state index in [9.17, 15) is 4.79 Å². The molecule has 0 saturated carbocycles. The van der Waals surface area contributed by atoms with Gasteiger partial charge in [-0.2, -0.15) is 0 Å². The number of hydrogen-bond acceptors (Lipinski definition) is 6. The fourth-order valence-corrected chi connectivity index (χ4v) is 3.90. The molecule has 3 rings (SSSR count). The van der Waals surface area contributed by atoms with Crippen molar-refractivity contribution in [2.75, 3.05) is 46.3 Å². The van der Waals surface area contributed by atoms with E-state index in [2.05, 4.69) is 14.1 Å². The van der Waals surface area contributed by atoms with Gasteiger partial charge >= 0.3 is 0 Å². The number of fused-ring (bicyclic) bond motifs is 1. The average Bonchev–Trinajstić information content (AvgIpc) is 3.33. The van der Waals surface area contributed by atoms with E-state index in [0.717, 1.165) is 17.7 Å². The summed E-state index contributed by atoms with van der Waals surface area (Å²) < 4.78 is 17.1. The SMILES string of the molecule is COc1ccc(OC)c2sc(N(CCC[NH+](C)C)C(=O)c3ccco3)nc12. The lowest BCUT2D eigenvalue weighted by atomic mass is 10.3. The molecule has 0 aliphatic rings. The van der Waals surface area contributed by atoms with Gasteiger partial charge in [0.25, 0.3) is 5.91 Å². The first-order chi connectivity index (χ1) is 13.0. The van der Waals surface area contributed by atoms with Crippen LogP contribution in [0.5, 0.6) is 11.5 Å². The molecule has 0 atom stereocenters. The Hall–Kier alpha value is -2.58. The van der Waals surface area contributed by atoms with Crippen molar-refractivity contribution < 1.29 is 23.6 Å². The summed E-state index contributed by atoms with van der Waals surface area (Å²) >= 11 is 1.41. The summed E-state index contributed by atoms with van der Waals surface area (Å²) in [4.78, 5) is 20.7. The maximum absolute atomic E-state index is 13.0. The topological polar surface area (TPSA) is 69.2 Å². The van der Waals surface area contributed by atoms with Gasteiger partial charge in [0.2, 0.25) is 0 Å². The molecule has 0 aliphatic carbocycles. The Morgan fingerprint density at radius 2 is 1.96 bits per heavy atom. The Morgan fingerprint density at radius 3 is 2.59 bits per heavy atom. The third-order valence-corrected chi connectivity index (χ3v) is 5.26. The maximum Gasteiger partial charge on any atom is 0.295 e. The first-order valence-electron chi connectivity index (χ1n) is 8.71. The first kappa shape index (κ1) is 19.2. The van der Waals surface area contributed by atoms with Crippen molar-refractivity contribution in [3.63, 3.8) is 0 Å². The molecule has 7 nitrogen and oxygen atoms in total. The van der Waals surface area contributed by atoms with Crippen LogP contribution < -0.4 is 19.3 Å². The van der Waals surface area contributed by atoms with E-state index in [0.29, 0.717) is 34.5 Å². The van der Waals surface area contributed by atoms with E-state index in [-0.39, 0.29) is 5.91 Å². The van der Waals surface area contributed by atoms with Gasteiger partial charge in [0.15, 0.2) is 10.9 Å². The summed E-state index contributed by atoms with van der Waals surface area (Å²) in [5.74, 6) is 1.45. The molecule has 0 bridgehead atoms. The first-order valence-corrected chi connectivity index (χ1v) is 9.52. The van der Waals surface area contributed by atoms with Gasteiger partial charge < -0.3 is 18.8 Å². The van der Waals surface area contributed by atoms with Gasteiger partial charge in [0, 0.05) is 13.0 Å². The molecule has 1 aromatic carbocycles. The second-order valence-corrected chi connectivity index (χ2v) is 7.37. The molecule has 144 valence electrons. The van der Waals surface area contributed by atoms with Crippen LogP contribution in [0.15, 0.2) is 34.9 Å². The molecular weight excluding hydrogens is 366 g/mol. The smallest absolute Gasteiger partial charge is 0.295 e. The van der Waals surface area contributed by atoms with Crippen molar-refractivity contribution in [3.05, 3.63) is 36.3 Å². The number of rotatable bonds is 8. The molecule has 8 heteroatoms. The average molecular weight is 390 g/mol. The van der Waals surface area contributed by atoms with Gasteiger partial charge in [-0.15, -0.1) is 0 Å². The van der Waals surface area contributed by atoms with Crippen molar-refractivity contribution in [2.45, 2.75) is 6.42 Å². The zero-order valence-electron chi connectivity index (χ0n) is 15.9. The summed E-state index contributed by atoms with van der Waals surface area (Å²) in [6, 6.07) is 7.04. The van der Waals surface area contributed by atoms with Crippen molar-refractivity contribution >= 4 is 32.6 Å². The summed E-state index contributed by atoms with van der Waals surface area (Å²) in [5, 5.41) is 0.600. The fraction of sp³-hybridized carbons (Fsp3) is 0.368. The van der Waals surface area contributed by atoms with Gasteiger partial charge in [0.05, 0.1) is 41.1 Å². The third-order valence-electron chi connectivity index (χ3n) is 4.17. The molecule has 2 aromatic heterocycles. The summed E-state index contributed by atoms with van der Waals surface area (Å²) in [7, 11) is 7.40. The molecule has 0 radical (unpaired) electrons. The van der Waals surface area contributed by atoms with E-state index in [4.69, 9.17) is 18.9 Å². The molecule has 0 fully saturated rings. The van der Waals surface area contributed by atoms with Crippen molar-refractivity contribution in [1.29, 1.82) is 0 Å². The van der Waals surface area contributed by atoms with Crippen molar-refractivity contribution in [1.82, 2.24) is 4.98 Å². The van der Waals surface area contributed by atoms with Crippen LogP contribution in [0, 0.1) is 0 Å². The minimum absolute atomic E-state index is 0.203. The number of amides is 1. The van der Waals surface area contributed by atoms with Crippen LogP contribution >= 0.6 is 11.3 Å². The van der Waals surface area contributed by atoms with Crippen LogP contribution in [0.3, 0.4) is 0 Å². The Labute approximate surface area is 162 Å². The van der Waals surface area contributed by atoms with E-state index in [1.165, 1.54) is 22.5 Å². The Bertz CT molecular complexity index is 864. The lowest BCUT2D eigenvalue weighted by Crippen LogP contribution is -3.05. The molecule has 1 amide bonds. The van der Waals surface area contributed by atoms with Gasteiger partial charge in [-0.1, -0.05) is 11.3 Å². The molecule has 0 spiro atoms. The van der Waals surface area contributed by atoms with E-state index < -0.39 is 0 Å². The van der Waals surface area contributed by atoms with Gasteiger partial charge in [-0.25, -0.2) is 4.98 Å². The lowest BCUT2D eigenvalue weighted by molar-refractivity contribution is -0.858. The quantitative estimate of drug-likeness (QED) is 0.638. The Morgan fingerprint density at radius 1 is 1.22 bits per heavy atom. The largest absolute Gasteiger partial charge is 0.495 e. The van der Waals surface area contributed by atoms with Crippen LogP contribution in [0.4, 0.5) is 5.13 Å². The maximum atomic E-state index is 13.0. The Balaban J connectivity index is 2.01. The van der Waals surface area contributed by atoms with Crippen LogP contribution in [0.2, 0.25) is 0 Å². The second kappa shape index (κ2) is 8.41. The molecule has 2 heterocycles. The highest BCUT2D eigenvalue weighted by Crippen LogP contribution is 2.40. The van der Waals surface area contributed by atoms with E-state index in [1.54, 1.807) is 31.3 Å². The number of furan rings is 1. The van der Waals surface area contributed by atoms with Crippen LogP contribution in [-0.4, -0.2) is 52.3 Å². The summed E-state index contributed by atoms with van der Waals surface area (Å²) in [6.07, 6.45) is 2.35. The number of hydrogen-bond donors (Lipinski definition) is 1.